The van der Waals surface area contributed by atoms with Gasteiger partial charge in [-0.3, -0.25) is 4.79 Å². The third kappa shape index (κ3) is 4.82. The Labute approximate surface area is 147 Å². The molecule has 0 aliphatic carbocycles. The van der Waals surface area contributed by atoms with Crippen LogP contribution in [0.1, 0.15) is 44.9 Å². The first-order valence-electron chi connectivity index (χ1n) is 8.05. The number of rotatable bonds is 7. The number of aliphatic carboxylic acids is 1. The normalized spacial score (nSPS) is 11.7. The van der Waals surface area contributed by atoms with Crippen LogP contribution in [0.3, 0.4) is 0 Å². The molecule has 1 heterocycles. The van der Waals surface area contributed by atoms with Crippen LogP contribution in [-0.4, -0.2) is 27.4 Å². The number of carboxylic acids is 1. The van der Waals surface area contributed by atoms with Gasteiger partial charge in [0.15, 0.2) is 0 Å². The van der Waals surface area contributed by atoms with Gasteiger partial charge in [-0.25, -0.2) is 4.68 Å². The van der Waals surface area contributed by atoms with Crippen molar-refractivity contribution in [2.24, 2.45) is 0 Å². The van der Waals surface area contributed by atoms with E-state index in [1.807, 2.05) is 35.1 Å². The van der Waals surface area contributed by atoms with Gasteiger partial charge in [0.1, 0.15) is 0 Å². The first-order chi connectivity index (χ1) is 11.3. The number of hydrogen-bond donors (Lipinski definition) is 2. The number of aromatic nitrogens is 2. The van der Waals surface area contributed by atoms with Crippen LogP contribution in [0.2, 0.25) is 5.02 Å². The van der Waals surface area contributed by atoms with Crippen molar-refractivity contribution in [1.82, 2.24) is 15.1 Å². The van der Waals surface area contributed by atoms with Crippen LogP contribution in [0, 0.1) is 0 Å². The number of nitrogens with zero attached hydrogens (tertiary/aromatic N) is 2. The lowest BCUT2D eigenvalue weighted by molar-refractivity contribution is -0.137. The van der Waals surface area contributed by atoms with Gasteiger partial charge in [0.05, 0.1) is 16.4 Å². The van der Waals surface area contributed by atoms with Crippen LogP contribution < -0.4 is 5.32 Å². The summed E-state index contributed by atoms with van der Waals surface area (Å²) < 4.78 is 1.82. The van der Waals surface area contributed by atoms with Gasteiger partial charge in [-0.05, 0) is 25.1 Å². The third-order valence-corrected chi connectivity index (χ3v) is 3.98. The van der Waals surface area contributed by atoms with Crippen molar-refractivity contribution in [3.05, 3.63) is 46.7 Å². The van der Waals surface area contributed by atoms with Crippen molar-refractivity contribution in [3.63, 3.8) is 0 Å². The summed E-state index contributed by atoms with van der Waals surface area (Å²) in [6.45, 7) is 7.68. The number of nitrogens with one attached hydrogen (secondary N) is 1. The summed E-state index contributed by atoms with van der Waals surface area (Å²) in [6.07, 6.45) is 2.78. The number of carbonyl (C=O) groups is 1. The van der Waals surface area contributed by atoms with Gasteiger partial charge in [-0.15, -0.1) is 0 Å². The number of carboxylic acid groups (broad SMARTS) is 1. The summed E-state index contributed by atoms with van der Waals surface area (Å²) >= 11 is 6.28. The maximum Gasteiger partial charge on any atom is 0.303 e. The molecule has 5 nitrogen and oxygen atoms in total. The molecule has 0 amide bonds. The topological polar surface area (TPSA) is 67.2 Å². The van der Waals surface area contributed by atoms with E-state index in [0.717, 1.165) is 16.9 Å². The standard InChI is InChI=1S/C18H24ClN3O2/c1-18(2,3)17-13(11-20-10-6-9-16(23)24)12-22(21-17)15-8-5-4-7-14(15)19/h4-5,7-8,12,20H,6,9-11H2,1-3H3,(H,23,24). The second kappa shape index (κ2) is 7.81. The summed E-state index contributed by atoms with van der Waals surface area (Å²) in [6, 6.07) is 7.61. The average Bonchev–Trinajstić information content (AvgIpc) is 2.91. The Balaban J connectivity index is 2.17. The fourth-order valence-corrected chi connectivity index (χ4v) is 2.74. The fourth-order valence-electron chi connectivity index (χ4n) is 2.52. The number of benzene rings is 1. The van der Waals surface area contributed by atoms with E-state index in [-0.39, 0.29) is 11.8 Å². The van der Waals surface area contributed by atoms with E-state index in [9.17, 15) is 4.79 Å². The zero-order valence-electron chi connectivity index (χ0n) is 14.3. The van der Waals surface area contributed by atoms with Crippen LogP contribution in [0.5, 0.6) is 0 Å². The Hall–Kier alpha value is -1.85. The van der Waals surface area contributed by atoms with Crippen LogP contribution in [0.4, 0.5) is 0 Å². The highest BCUT2D eigenvalue weighted by Gasteiger charge is 2.22. The number of halogens is 1. The molecular weight excluding hydrogens is 326 g/mol. The Morgan fingerprint density at radius 3 is 2.67 bits per heavy atom. The SMILES string of the molecule is CC(C)(C)c1nn(-c2ccccc2Cl)cc1CNCCCC(=O)O. The second-order valence-electron chi connectivity index (χ2n) is 6.82. The van der Waals surface area contributed by atoms with Crippen molar-refractivity contribution < 1.29 is 9.90 Å². The van der Waals surface area contributed by atoms with E-state index >= 15 is 0 Å². The zero-order chi connectivity index (χ0) is 17.7. The Morgan fingerprint density at radius 2 is 2.04 bits per heavy atom. The molecule has 2 N–H and O–H groups in total. The summed E-state index contributed by atoms with van der Waals surface area (Å²) in [7, 11) is 0. The number of para-hydroxylation sites is 1. The third-order valence-electron chi connectivity index (χ3n) is 3.66. The summed E-state index contributed by atoms with van der Waals surface area (Å²) in [5.74, 6) is -0.765. The molecule has 0 saturated carbocycles. The van der Waals surface area contributed by atoms with Crippen LogP contribution in [-0.2, 0) is 16.8 Å². The molecule has 0 saturated heterocycles. The lowest BCUT2D eigenvalue weighted by atomic mass is 9.89. The summed E-state index contributed by atoms with van der Waals surface area (Å²) in [5.41, 5.74) is 2.86. The predicted molar refractivity (Wildman–Crippen MR) is 95.9 cm³/mol. The molecule has 0 unspecified atom stereocenters. The molecule has 0 fully saturated rings. The Kier molecular flexibility index (Phi) is 6.02. The molecule has 130 valence electrons. The molecule has 0 spiro atoms. The Bertz CT molecular complexity index is 705. The van der Waals surface area contributed by atoms with Gasteiger partial charge in [-0.1, -0.05) is 44.5 Å². The maximum atomic E-state index is 10.6. The largest absolute Gasteiger partial charge is 0.481 e. The van der Waals surface area contributed by atoms with Gasteiger partial charge in [0.25, 0.3) is 0 Å². The van der Waals surface area contributed by atoms with E-state index in [4.69, 9.17) is 21.8 Å². The van der Waals surface area contributed by atoms with E-state index in [1.165, 1.54) is 0 Å². The van der Waals surface area contributed by atoms with Gasteiger partial charge < -0.3 is 10.4 Å². The first kappa shape index (κ1) is 18.5. The Morgan fingerprint density at radius 1 is 1.33 bits per heavy atom. The molecule has 0 aliphatic heterocycles. The van der Waals surface area contributed by atoms with Crippen molar-refractivity contribution in [1.29, 1.82) is 0 Å². The minimum absolute atomic E-state index is 0.0927. The number of hydrogen-bond acceptors (Lipinski definition) is 3. The maximum absolute atomic E-state index is 10.6. The highest BCUT2D eigenvalue weighted by molar-refractivity contribution is 6.32. The molecule has 0 atom stereocenters. The van der Waals surface area contributed by atoms with Crippen LogP contribution in [0.25, 0.3) is 5.69 Å². The van der Waals surface area contributed by atoms with Gasteiger partial charge in [0, 0.05) is 30.1 Å². The predicted octanol–water partition coefficient (Wildman–Crippen LogP) is 3.78. The molecule has 6 heteroatoms. The van der Waals surface area contributed by atoms with E-state index in [0.29, 0.717) is 24.5 Å². The van der Waals surface area contributed by atoms with E-state index in [2.05, 4.69) is 26.1 Å². The highest BCUT2D eigenvalue weighted by atomic mass is 35.5. The van der Waals surface area contributed by atoms with Gasteiger partial charge in [0.2, 0.25) is 0 Å². The first-order valence-corrected chi connectivity index (χ1v) is 8.43. The summed E-state index contributed by atoms with van der Waals surface area (Å²) in [5, 5.41) is 17.4. The quantitative estimate of drug-likeness (QED) is 0.746. The second-order valence-corrected chi connectivity index (χ2v) is 7.23. The minimum atomic E-state index is -0.765. The molecule has 1 aromatic heterocycles. The van der Waals surface area contributed by atoms with E-state index in [1.54, 1.807) is 0 Å². The highest BCUT2D eigenvalue weighted by Crippen LogP contribution is 2.27. The smallest absolute Gasteiger partial charge is 0.303 e. The molecule has 0 aliphatic rings. The van der Waals surface area contributed by atoms with Crippen molar-refractivity contribution in [2.75, 3.05) is 6.54 Å². The fraction of sp³-hybridized carbons (Fsp3) is 0.444. The lowest BCUT2D eigenvalue weighted by Gasteiger charge is -2.17. The average molecular weight is 350 g/mol. The molecule has 2 rings (SSSR count). The molecule has 2 aromatic rings. The molecule has 0 bridgehead atoms. The van der Waals surface area contributed by atoms with Crippen LogP contribution >= 0.6 is 11.6 Å². The van der Waals surface area contributed by atoms with Gasteiger partial charge >= 0.3 is 5.97 Å². The zero-order valence-corrected chi connectivity index (χ0v) is 15.1. The van der Waals surface area contributed by atoms with Crippen molar-refractivity contribution in [2.45, 2.75) is 45.6 Å². The van der Waals surface area contributed by atoms with Crippen molar-refractivity contribution in [3.8, 4) is 5.69 Å². The summed E-state index contributed by atoms with van der Waals surface area (Å²) in [4.78, 5) is 10.6. The monoisotopic (exact) mass is 349 g/mol. The van der Waals surface area contributed by atoms with E-state index < -0.39 is 5.97 Å². The molecular formula is C18H24ClN3O2. The van der Waals surface area contributed by atoms with Crippen molar-refractivity contribution >= 4 is 17.6 Å². The molecule has 1 aromatic carbocycles. The lowest BCUT2D eigenvalue weighted by Crippen LogP contribution is -2.20. The van der Waals surface area contributed by atoms with Crippen LogP contribution in [0.15, 0.2) is 30.5 Å². The minimum Gasteiger partial charge on any atom is -0.481 e. The molecule has 24 heavy (non-hydrogen) atoms. The van der Waals surface area contributed by atoms with Gasteiger partial charge in [-0.2, -0.15) is 5.10 Å². The molecule has 0 radical (unpaired) electrons.